The Hall–Kier alpha value is -2.30. The first-order chi connectivity index (χ1) is 8.58. The molecule has 1 aromatic carbocycles. The molecule has 1 heterocycles. The molecule has 5 nitrogen and oxygen atoms in total. The van der Waals surface area contributed by atoms with Gasteiger partial charge in [-0.15, -0.1) is 0 Å². The van der Waals surface area contributed by atoms with Crippen LogP contribution >= 0.6 is 0 Å². The van der Waals surface area contributed by atoms with Crippen LogP contribution < -0.4 is 5.32 Å². The third-order valence-corrected chi connectivity index (χ3v) is 2.75. The summed E-state index contributed by atoms with van der Waals surface area (Å²) >= 11 is 0. The maximum Gasteiger partial charge on any atom is 0.272 e. The minimum atomic E-state index is -0.380. The number of aryl methyl sites for hydroxylation is 1. The summed E-state index contributed by atoms with van der Waals surface area (Å²) in [6, 6.07) is 8.69. The predicted molar refractivity (Wildman–Crippen MR) is 68.6 cm³/mol. The highest BCUT2D eigenvalue weighted by atomic mass is 16.6. The summed E-state index contributed by atoms with van der Waals surface area (Å²) in [5.41, 5.74) is 1.60. The maximum atomic E-state index is 10.7. The largest absolute Gasteiger partial charge is 0.467 e. The topological polar surface area (TPSA) is 68.3 Å². The Morgan fingerprint density at radius 3 is 2.72 bits per heavy atom. The molecule has 0 aliphatic rings. The number of rotatable bonds is 4. The van der Waals surface area contributed by atoms with Gasteiger partial charge in [0.25, 0.3) is 5.69 Å². The van der Waals surface area contributed by atoms with E-state index in [1.165, 1.54) is 6.07 Å². The van der Waals surface area contributed by atoms with Gasteiger partial charge in [0, 0.05) is 17.3 Å². The van der Waals surface area contributed by atoms with Crippen molar-refractivity contribution in [3.8, 4) is 0 Å². The quantitative estimate of drug-likeness (QED) is 0.660. The van der Waals surface area contributed by atoms with Crippen LogP contribution in [-0.2, 0) is 0 Å². The number of hydrogen-bond donors (Lipinski definition) is 1. The van der Waals surface area contributed by atoms with Gasteiger partial charge in [-0.05, 0) is 38.1 Å². The number of nitro benzene ring substituents is 1. The Morgan fingerprint density at radius 2 is 2.17 bits per heavy atom. The predicted octanol–water partition coefficient (Wildman–Crippen LogP) is 3.67. The first kappa shape index (κ1) is 12.2. The normalized spacial score (nSPS) is 12.1. The van der Waals surface area contributed by atoms with Crippen LogP contribution in [0.4, 0.5) is 11.4 Å². The number of nitrogens with one attached hydrogen (secondary N) is 1. The van der Waals surface area contributed by atoms with Gasteiger partial charge in [0.15, 0.2) is 0 Å². The summed E-state index contributed by atoms with van der Waals surface area (Å²) in [6.45, 7) is 3.69. The lowest BCUT2D eigenvalue weighted by Gasteiger charge is -2.13. The highest BCUT2D eigenvalue weighted by Gasteiger charge is 2.12. The van der Waals surface area contributed by atoms with Crippen LogP contribution in [0.15, 0.2) is 41.0 Å². The molecule has 0 radical (unpaired) electrons. The van der Waals surface area contributed by atoms with Gasteiger partial charge in [0.1, 0.15) is 5.76 Å². The third kappa shape index (κ3) is 2.51. The fraction of sp³-hybridized carbons (Fsp3) is 0.231. The number of benzene rings is 1. The molecule has 0 saturated carbocycles. The minimum Gasteiger partial charge on any atom is -0.467 e. The number of anilines is 1. The summed E-state index contributed by atoms with van der Waals surface area (Å²) in [5, 5.41) is 13.9. The van der Waals surface area contributed by atoms with E-state index >= 15 is 0 Å². The van der Waals surface area contributed by atoms with Crippen molar-refractivity contribution in [2.45, 2.75) is 19.9 Å². The molecule has 0 saturated heterocycles. The van der Waals surface area contributed by atoms with Crippen molar-refractivity contribution < 1.29 is 9.34 Å². The van der Waals surface area contributed by atoms with Gasteiger partial charge in [-0.1, -0.05) is 0 Å². The average Bonchev–Trinajstić information content (AvgIpc) is 2.81. The van der Waals surface area contributed by atoms with Crippen molar-refractivity contribution in [1.82, 2.24) is 0 Å². The SMILES string of the molecule is Cc1cc(NC(C)c2ccco2)ccc1[N+](=O)[O-]. The Labute approximate surface area is 105 Å². The van der Waals surface area contributed by atoms with Crippen molar-refractivity contribution in [1.29, 1.82) is 0 Å². The highest BCUT2D eigenvalue weighted by molar-refractivity contribution is 5.54. The molecule has 0 spiro atoms. The van der Waals surface area contributed by atoms with Gasteiger partial charge in [0.2, 0.25) is 0 Å². The number of hydrogen-bond acceptors (Lipinski definition) is 4. The van der Waals surface area contributed by atoms with E-state index in [0.29, 0.717) is 5.56 Å². The van der Waals surface area contributed by atoms with Crippen LogP contribution in [0.3, 0.4) is 0 Å². The molecule has 1 aromatic heterocycles. The van der Waals surface area contributed by atoms with Crippen LogP contribution in [0.5, 0.6) is 0 Å². The minimum absolute atomic E-state index is 0.0147. The molecule has 0 bridgehead atoms. The van der Waals surface area contributed by atoms with Gasteiger partial charge in [-0.2, -0.15) is 0 Å². The zero-order valence-corrected chi connectivity index (χ0v) is 10.2. The molecule has 0 amide bonds. The Bertz CT molecular complexity index is 549. The molecule has 0 aliphatic heterocycles. The second kappa shape index (κ2) is 4.91. The Kier molecular flexibility index (Phi) is 3.32. The standard InChI is InChI=1S/C13H14N2O3/c1-9-8-11(5-6-12(9)15(16)17)14-10(2)13-4-3-7-18-13/h3-8,10,14H,1-2H3. The average molecular weight is 246 g/mol. The number of furan rings is 1. The van der Waals surface area contributed by atoms with Gasteiger partial charge in [0.05, 0.1) is 17.2 Å². The second-order valence-electron chi connectivity index (χ2n) is 4.14. The van der Waals surface area contributed by atoms with Gasteiger partial charge in [-0.25, -0.2) is 0 Å². The van der Waals surface area contributed by atoms with Crippen molar-refractivity contribution in [2.75, 3.05) is 5.32 Å². The molecule has 0 fully saturated rings. The fourth-order valence-electron chi connectivity index (χ4n) is 1.81. The first-order valence-electron chi connectivity index (χ1n) is 5.63. The lowest BCUT2D eigenvalue weighted by atomic mass is 10.1. The zero-order valence-electron chi connectivity index (χ0n) is 10.2. The van der Waals surface area contributed by atoms with Crippen molar-refractivity contribution in [2.24, 2.45) is 0 Å². The van der Waals surface area contributed by atoms with E-state index in [0.717, 1.165) is 11.4 Å². The summed E-state index contributed by atoms with van der Waals surface area (Å²) in [4.78, 5) is 10.3. The molecule has 2 rings (SSSR count). The highest BCUT2D eigenvalue weighted by Crippen LogP contribution is 2.25. The van der Waals surface area contributed by atoms with Crippen LogP contribution in [0.2, 0.25) is 0 Å². The van der Waals surface area contributed by atoms with Crippen LogP contribution in [-0.4, -0.2) is 4.92 Å². The van der Waals surface area contributed by atoms with E-state index in [9.17, 15) is 10.1 Å². The molecule has 2 aromatic rings. The van der Waals surface area contributed by atoms with E-state index < -0.39 is 0 Å². The van der Waals surface area contributed by atoms with Gasteiger partial charge >= 0.3 is 0 Å². The lowest BCUT2D eigenvalue weighted by Crippen LogP contribution is -2.05. The van der Waals surface area contributed by atoms with Crippen LogP contribution in [0.25, 0.3) is 0 Å². The summed E-state index contributed by atoms with van der Waals surface area (Å²) < 4.78 is 5.29. The van der Waals surface area contributed by atoms with Gasteiger partial charge in [-0.3, -0.25) is 10.1 Å². The first-order valence-corrected chi connectivity index (χ1v) is 5.63. The molecule has 1 atom stereocenters. The summed E-state index contributed by atoms with van der Waals surface area (Å²) in [7, 11) is 0. The zero-order chi connectivity index (χ0) is 13.1. The van der Waals surface area contributed by atoms with E-state index in [1.807, 2.05) is 19.1 Å². The van der Waals surface area contributed by atoms with E-state index in [-0.39, 0.29) is 16.7 Å². The molecule has 18 heavy (non-hydrogen) atoms. The summed E-state index contributed by atoms with van der Waals surface area (Å²) in [6.07, 6.45) is 1.62. The molecular formula is C13H14N2O3. The second-order valence-corrected chi connectivity index (χ2v) is 4.14. The van der Waals surface area contributed by atoms with E-state index in [4.69, 9.17) is 4.42 Å². The molecular weight excluding hydrogens is 232 g/mol. The van der Waals surface area contributed by atoms with Crippen molar-refractivity contribution >= 4 is 11.4 Å². The Balaban J connectivity index is 2.15. The van der Waals surface area contributed by atoms with Crippen LogP contribution in [0, 0.1) is 17.0 Å². The smallest absolute Gasteiger partial charge is 0.272 e. The fourth-order valence-corrected chi connectivity index (χ4v) is 1.81. The summed E-state index contributed by atoms with van der Waals surface area (Å²) in [5.74, 6) is 0.825. The molecule has 1 unspecified atom stereocenters. The van der Waals surface area contributed by atoms with E-state index in [2.05, 4.69) is 5.32 Å². The monoisotopic (exact) mass is 246 g/mol. The third-order valence-electron chi connectivity index (χ3n) is 2.75. The Morgan fingerprint density at radius 1 is 1.39 bits per heavy atom. The van der Waals surface area contributed by atoms with Crippen molar-refractivity contribution in [3.05, 3.63) is 58.0 Å². The molecule has 1 N–H and O–H groups in total. The maximum absolute atomic E-state index is 10.7. The van der Waals surface area contributed by atoms with Gasteiger partial charge < -0.3 is 9.73 Å². The molecule has 94 valence electrons. The van der Waals surface area contributed by atoms with Crippen LogP contribution in [0.1, 0.15) is 24.3 Å². The number of nitrogens with zero attached hydrogens (tertiary/aromatic N) is 1. The molecule has 5 heteroatoms. The lowest BCUT2D eigenvalue weighted by molar-refractivity contribution is -0.385. The number of nitro groups is 1. The molecule has 0 aliphatic carbocycles. The van der Waals surface area contributed by atoms with E-state index in [1.54, 1.807) is 25.3 Å². The van der Waals surface area contributed by atoms with Crippen molar-refractivity contribution in [3.63, 3.8) is 0 Å².